The molecule has 11 heteroatoms. The average molecular weight is 540 g/mol. The predicted molar refractivity (Wildman–Crippen MR) is 131 cm³/mol. The van der Waals surface area contributed by atoms with Gasteiger partial charge in [0.1, 0.15) is 5.75 Å². The Morgan fingerprint density at radius 2 is 1.58 bits per heavy atom. The molecule has 3 N–H and O–H groups in total. The lowest BCUT2D eigenvalue weighted by molar-refractivity contribution is 0.0933. The molecule has 0 aliphatic heterocycles. The van der Waals surface area contributed by atoms with Crippen LogP contribution in [-0.2, 0) is 0 Å². The molecule has 0 aliphatic carbocycles. The number of nitrogens with one attached hydrogen (secondary N) is 3. The number of hydrogen-bond donors (Lipinski definition) is 3. The molecule has 0 bridgehead atoms. The number of thiocarbonyl (C=S) groups is 1. The maximum atomic E-state index is 12.7. The monoisotopic (exact) mass is 539 g/mol. The van der Waals surface area contributed by atoms with Crippen molar-refractivity contribution >= 4 is 45.1 Å². The molecular weight excluding hydrogens is 514 g/mol. The molecule has 0 heterocycles. The van der Waals surface area contributed by atoms with Crippen LogP contribution in [0.4, 0.5) is 0 Å². The first-order valence-corrected chi connectivity index (χ1v) is 11.0. The number of amides is 2. The van der Waals surface area contributed by atoms with Gasteiger partial charge in [0.2, 0.25) is 5.75 Å². The first kappa shape index (κ1) is 26.2. The Morgan fingerprint density at radius 1 is 0.939 bits per heavy atom. The van der Waals surface area contributed by atoms with E-state index in [1.807, 2.05) is 13.8 Å². The SMILES string of the molecule is COc1cc(C(=O)NNC(=S)NC(=O)c2cc(Br)ccc2OCC(C)C)cc(OC)c1OC. The lowest BCUT2D eigenvalue weighted by Gasteiger charge is -2.16. The summed E-state index contributed by atoms with van der Waals surface area (Å²) in [6, 6.07) is 8.08. The topological polar surface area (TPSA) is 107 Å². The lowest BCUT2D eigenvalue weighted by Crippen LogP contribution is -2.48. The van der Waals surface area contributed by atoms with Gasteiger partial charge >= 0.3 is 0 Å². The minimum atomic E-state index is -0.533. The Hall–Kier alpha value is -3.05. The van der Waals surface area contributed by atoms with Crippen molar-refractivity contribution < 1.29 is 28.5 Å². The normalized spacial score (nSPS) is 10.3. The summed E-state index contributed by atoms with van der Waals surface area (Å²) in [5, 5.41) is 2.42. The van der Waals surface area contributed by atoms with Gasteiger partial charge in [0.25, 0.3) is 11.8 Å². The molecule has 2 aromatic rings. The standard InChI is InChI=1S/C22H26BrN3O6S/c1-12(2)11-32-16-7-6-14(23)10-15(16)21(28)24-22(33)26-25-20(27)13-8-17(29-3)19(31-5)18(9-13)30-4/h6-10,12H,11H2,1-5H3,(H,25,27)(H2,24,26,28,33). The van der Waals surface area contributed by atoms with Crippen LogP contribution in [0.15, 0.2) is 34.8 Å². The molecular formula is C22H26BrN3O6S. The van der Waals surface area contributed by atoms with E-state index in [0.29, 0.717) is 39.6 Å². The highest BCUT2D eigenvalue weighted by Crippen LogP contribution is 2.38. The van der Waals surface area contributed by atoms with Gasteiger partial charge in [-0.1, -0.05) is 29.8 Å². The minimum absolute atomic E-state index is 0.101. The van der Waals surface area contributed by atoms with E-state index in [9.17, 15) is 9.59 Å². The van der Waals surface area contributed by atoms with Crippen LogP contribution in [0.25, 0.3) is 0 Å². The Morgan fingerprint density at radius 3 is 2.12 bits per heavy atom. The van der Waals surface area contributed by atoms with E-state index in [0.717, 1.165) is 0 Å². The third-order valence-corrected chi connectivity index (χ3v) is 4.90. The number of carbonyl (C=O) groups excluding carboxylic acids is 2. The van der Waals surface area contributed by atoms with E-state index in [-0.39, 0.29) is 16.6 Å². The molecule has 0 atom stereocenters. The summed E-state index contributed by atoms with van der Waals surface area (Å²) in [7, 11) is 4.36. The van der Waals surface area contributed by atoms with Gasteiger partial charge in [-0.15, -0.1) is 0 Å². The molecule has 2 rings (SSSR count). The van der Waals surface area contributed by atoms with Gasteiger partial charge in [0, 0.05) is 10.0 Å². The second kappa shape index (κ2) is 12.3. The van der Waals surface area contributed by atoms with Gasteiger partial charge in [-0.2, -0.15) is 0 Å². The third kappa shape index (κ3) is 7.22. The molecule has 2 aromatic carbocycles. The molecule has 33 heavy (non-hydrogen) atoms. The van der Waals surface area contributed by atoms with Crippen LogP contribution in [0.1, 0.15) is 34.6 Å². The van der Waals surface area contributed by atoms with Crippen LogP contribution in [0.3, 0.4) is 0 Å². The van der Waals surface area contributed by atoms with Crippen molar-refractivity contribution in [3.8, 4) is 23.0 Å². The predicted octanol–water partition coefficient (Wildman–Crippen LogP) is 3.46. The number of rotatable bonds is 8. The van der Waals surface area contributed by atoms with Gasteiger partial charge in [0.05, 0.1) is 33.5 Å². The minimum Gasteiger partial charge on any atom is -0.493 e. The number of halogens is 1. The summed E-state index contributed by atoms with van der Waals surface area (Å²) in [5.74, 6) is 0.690. The molecule has 178 valence electrons. The van der Waals surface area contributed by atoms with Crippen molar-refractivity contribution in [2.24, 2.45) is 5.92 Å². The highest BCUT2D eigenvalue weighted by Gasteiger charge is 2.18. The molecule has 0 radical (unpaired) electrons. The van der Waals surface area contributed by atoms with Crippen molar-refractivity contribution in [3.63, 3.8) is 0 Å². The van der Waals surface area contributed by atoms with Crippen molar-refractivity contribution in [1.82, 2.24) is 16.2 Å². The second-order valence-electron chi connectivity index (χ2n) is 7.12. The highest BCUT2D eigenvalue weighted by atomic mass is 79.9. The molecule has 0 saturated heterocycles. The first-order chi connectivity index (χ1) is 15.7. The zero-order valence-corrected chi connectivity index (χ0v) is 21.3. The zero-order chi connectivity index (χ0) is 24.5. The van der Waals surface area contributed by atoms with Crippen LogP contribution >= 0.6 is 28.1 Å². The zero-order valence-electron chi connectivity index (χ0n) is 18.9. The van der Waals surface area contributed by atoms with Crippen molar-refractivity contribution in [1.29, 1.82) is 0 Å². The van der Waals surface area contributed by atoms with E-state index in [4.69, 9.17) is 31.2 Å². The van der Waals surface area contributed by atoms with Gasteiger partial charge in [-0.25, -0.2) is 0 Å². The second-order valence-corrected chi connectivity index (χ2v) is 8.45. The fourth-order valence-electron chi connectivity index (χ4n) is 2.66. The van der Waals surface area contributed by atoms with E-state index in [1.165, 1.54) is 33.5 Å². The molecule has 0 aromatic heterocycles. The van der Waals surface area contributed by atoms with Gasteiger partial charge in [0.15, 0.2) is 16.6 Å². The number of hydrazine groups is 1. The van der Waals surface area contributed by atoms with Crippen molar-refractivity contribution in [2.75, 3.05) is 27.9 Å². The highest BCUT2D eigenvalue weighted by molar-refractivity contribution is 9.10. The molecule has 0 fully saturated rings. The number of carbonyl (C=O) groups is 2. The first-order valence-electron chi connectivity index (χ1n) is 9.84. The Bertz CT molecular complexity index is 1010. The van der Waals surface area contributed by atoms with Crippen LogP contribution in [0.2, 0.25) is 0 Å². The molecule has 0 saturated carbocycles. The molecule has 0 unspecified atom stereocenters. The van der Waals surface area contributed by atoms with Gasteiger partial charge < -0.3 is 18.9 Å². The number of ether oxygens (including phenoxy) is 4. The van der Waals surface area contributed by atoms with Crippen LogP contribution < -0.4 is 35.1 Å². The fraction of sp³-hybridized carbons (Fsp3) is 0.318. The van der Waals surface area contributed by atoms with E-state index < -0.39 is 11.8 Å². The van der Waals surface area contributed by atoms with E-state index in [2.05, 4.69) is 32.1 Å². The number of methoxy groups -OCH3 is 3. The molecule has 9 nitrogen and oxygen atoms in total. The quantitative estimate of drug-likeness (QED) is 0.346. The van der Waals surface area contributed by atoms with Crippen LogP contribution in [0.5, 0.6) is 23.0 Å². The number of hydrogen-bond acceptors (Lipinski definition) is 7. The molecule has 0 spiro atoms. The van der Waals surface area contributed by atoms with E-state index in [1.54, 1.807) is 18.2 Å². The number of benzene rings is 2. The smallest absolute Gasteiger partial charge is 0.269 e. The van der Waals surface area contributed by atoms with Crippen molar-refractivity contribution in [2.45, 2.75) is 13.8 Å². The fourth-order valence-corrected chi connectivity index (χ4v) is 3.17. The largest absolute Gasteiger partial charge is 0.493 e. The van der Waals surface area contributed by atoms with Crippen molar-refractivity contribution in [3.05, 3.63) is 45.9 Å². The van der Waals surface area contributed by atoms with Crippen LogP contribution in [-0.4, -0.2) is 44.9 Å². The van der Waals surface area contributed by atoms with Crippen LogP contribution in [0, 0.1) is 5.92 Å². The Balaban J connectivity index is 2.05. The third-order valence-electron chi connectivity index (χ3n) is 4.20. The Kier molecular flexibility index (Phi) is 9.74. The van der Waals surface area contributed by atoms with Gasteiger partial charge in [-0.05, 0) is 48.5 Å². The summed E-state index contributed by atoms with van der Waals surface area (Å²) >= 11 is 8.49. The summed E-state index contributed by atoms with van der Waals surface area (Å²) in [6.45, 7) is 4.47. The van der Waals surface area contributed by atoms with E-state index >= 15 is 0 Å². The lowest BCUT2D eigenvalue weighted by atomic mass is 10.1. The summed E-state index contributed by atoms with van der Waals surface area (Å²) in [4.78, 5) is 25.3. The Labute approximate surface area is 206 Å². The summed E-state index contributed by atoms with van der Waals surface area (Å²) in [5.41, 5.74) is 5.45. The molecule has 0 aliphatic rings. The molecule has 2 amide bonds. The van der Waals surface area contributed by atoms with Gasteiger partial charge in [-0.3, -0.25) is 25.8 Å². The maximum absolute atomic E-state index is 12.7. The maximum Gasteiger partial charge on any atom is 0.269 e. The summed E-state index contributed by atoms with van der Waals surface area (Å²) < 4.78 is 22.2. The average Bonchev–Trinajstić information content (AvgIpc) is 2.80. The summed E-state index contributed by atoms with van der Waals surface area (Å²) in [6.07, 6.45) is 0.